The Labute approximate surface area is 180 Å². The van der Waals surface area contributed by atoms with Gasteiger partial charge in [0.25, 0.3) is 0 Å². The van der Waals surface area contributed by atoms with Crippen LogP contribution in [0.3, 0.4) is 0 Å². The minimum atomic E-state index is -0.394. The van der Waals surface area contributed by atoms with Gasteiger partial charge >= 0.3 is 0 Å². The Kier molecular flexibility index (Phi) is 6.15. The molecule has 0 bridgehead atoms. The molecule has 0 unspecified atom stereocenters. The first-order chi connectivity index (χ1) is 14.6. The monoisotopic (exact) mass is 444 g/mol. The zero-order valence-electron chi connectivity index (χ0n) is 15.7. The SMILES string of the molecule is NC(=O)CCc1nnc(SCc2nnc(-c3ccccc3Cl)o2)n1Cc1ccco1. The third-order valence-electron chi connectivity index (χ3n) is 4.18. The van der Waals surface area contributed by atoms with E-state index in [9.17, 15) is 4.79 Å². The molecule has 3 aromatic heterocycles. The van der Waals surface area contributed by atoms with E-state index in [1.165, 1.54) is 11.8 Å². The van der Waals surface area contributed by atoms with Gasteiger partial charge in [-0.3, -0.25) is 9.36 Å². The van der Waals surface area contributed by atoms with Crippen LogP contribution in [-0.2, 0) is 23.5 Å². The van der Waals surface area contributed by atoms with Gasteiger partial charge in [-0.25, -0.2) is 0 Å². The Morgan fingerprint density at radius 2 is 2.00 bits per heavy atom. The van der Waals surface area contributed by atoms with Crippen molar-refractivity contribution in [3.8, 4) is 11.5 Å². The molecule has 4 aromatic rings. The van der Waals surface area contributed by atoms with Crippen molar-refractivity contribution >= 4 is 29.3 Å². The summed E-state index contributed by atoms with van der Waals surface area (Å²) in [5.74, 6) is 2.18. The summed E-state index contributed by atoms with van der Waals surface area (Å²) in [5, 5.41) is 17.8. The van der Waals surface area contributed by atoms with Gasteiger partial charge in [0, 0.05) is 12.8 Å². The Morgan fingerprint density at radius 1 is 1.13 bits per heavy atom. The van der Waals surface area contributed by atoms with Crippen molar-refractivity contribution in [1.29, 1.82) is 0 Å². The minimum Gasteiger partial charge on any atom is -0.467 e. The van der Waals surface area contributed by atoms with Gasteiger partial charge in [0.1, 0.15) is 11.6 Å². The van der Waals surface area contributed by atoms with E-state index < -0.39 is 5.91 Å². The molecule has 9 nitrogen and oxygen atoms in total. The van der Waals surface area contributed by atoms with Crippen LogP contribution in [0.4, 0.5) is 0 Å². The average Bonchev–Trinajstić information content (AvgIpc) is 3.47. The van der Waals surface area contributed by atoms with Crippen LogP contribution in [0.25, 0.3) is 11.5 Å². The molecule has 1 aromatic carbocycles. The predicted octanol–water partition coefficient (Wildman–Crippen LogP) is 3.33. The van der Waals surface area contributed by atoms with Crippen LogP contribution in [0.2, 0.25) is 5.02 Å². The topological polar surface area (TPSA) is 126 Å². The van der Waals surface area contributed by atoms with Crippen molar-refractivity contribution in [2.45, 2.75) is 30.3 Å². The number of nitrogens with zero attached hydrogens (tertiary/aromatic N) is 5. The fourth-order valence-electron chi connectivity index (χ4n) is 2.74. The molecule has 4 rings (SSSR count). The number of aryl methyl sites for hydroxylation is 1. The molecule has 0 fully saturated rings. The highest BCUT2D eigenvalue weighted by Gasteiger charge is 2.17. The number of benzene rings is 1. The molecule has 1 amide bonds. The molecule has 11 heteroatoms. The highest BCUT2D eigenvalue weighted by Crippen LogP contribution is 2.28. The summed E-state index contributed by atoms with van der Waals surface area (Å²) in [6.07, 6.45) is 2.18. The molecule has 0 aliphatic carbocycles. The Hall–Kier alpha value is -3.11. The second kappa shape index (κ2) is 9.14. The normalized spacial score (nSPS) is 11.1. The lowest BCUT2D eigenvalue weighted by molar-refractivity contribution is -0.118. The highest BCUT2D eigenvalue weighted by atomic mass is 35.5. The van der Waals surface area contributed by atoms with Gasteiger partial charge in [-0.05, 0) is 24.3 Å². The van der Waals surface area contributed by atoms with Crippen LogP contribution in [0.5, 0.6) is 0 Å². The average molecular weight is 445 g/mol. The van der Waals surface area contributed by atoms with E-state index in [-0.39, 0.29) is 6.42 Å². The zero-order chi connectivity index (χ0) is 20.9. The largest absolute Gasteiger partial charge is 0.467 e. The van der Waals surface area contributed by atoms with Gasteiger partial charge in [-0.2, -0.15) is 0 Å². The molecule has 0 spiro atoms. The number of rotatable bonds is 9. The van der Waals surface area contributed by atoms with Gasteiger partial charge in [0.15, 0.2) is 5.16 Å². The van der Waals surface area contributed by atoms with E-state index >= 15 is 0 Å². The van der Waals surface area contributed by atoms with Crippen LogP contribution in [0.15, 0.2) is 56.7 Å². The van der Waals surface area contributed by atoms with E-state index in [2.05, 4.69) is 20.4 Å². The van der Waals surface area contributed by atoms with E-state index in [1.54, 1.807) is 12.3 Å². The summed E-state index contributed by atoms with van der Waals surface area (Å²) in [4.78, 5) is 11.2. The zero-order valence-corrected chi connectivity index (χ0v) is 17.3. The summed E-state index contributed by atoms with van der Waals surface area (Å²) in [7, 11) is 0. The number of carbonyl (C=O) groups excluding carboxylic acids is 1. The van der Waals surface area contributed by atoms with Crippen molar-refractivity contribution < 1.29 is 13.6 Å². The number of hydrogen-bond donors (Lipinski definition) is 1. The summed E-state index contributed by atoms with van der Waals surface area (Å²) in [6.45, 7) is 0.436. The number of carbonyl (C=O) groups is 1. The maximum atomic E-state index is 11.2. The number of furan rings is 1. The van der Waals surface area contributed by atoms with E-state index in [4.69, 9.17) is 26.2 Å². The number of aromatic nitrogens is 5. The lowest BCUT2D eigenvalue weighted by atomic mass is 10.2. The molecule has 2 N–H and O–H groups in total. The molecule has 0 radical (unpaired) electrons. The number of halogens is 1. The Bertz CT molecular complexity index is 1140. The van der Waals surface area contributed by atoms with Gasteiger partial charge in [-0.1, -0.05) is 35.5 Å². The summed E-state index contributed by atoms with van der Waals surface area (Å²) >= 11 is 7.58. The van der Waals surface area contributed by atoms with Gasteiger partial charge in [0.05, 0.1) is 29.1 Å². The quantitative estimate of drug-likeness (QED) is 0.389. The first-order valence-corrected chi connectivity index (χ1v) is 10.4. The number of thioether (sulfide) groups is 1. The summed E-state index contributed by atoms with van der Waals surface area (Å²) < 4.78 is 13.1. The minimum absolute atomic E-state index is 0.186. The van der Waals surface area contributed by atoms with Gasteiger partial charge in [-0.15, -0.1) is 20.4 Å². The lowest BCUT2D eigenvalue weighted by Crippen LogP contribution is -2.14. The fourth-order valence-corrected chi connectivity index (χ4v) is 3.75. The Balaban J connectivity index is 1.50. The summed E-state index contributed by atoms with van der Waals surface area (Å²) in [6, 6.07) is 10.9. The molecule has 0 aliphatic heterocycles. The van der Waals surface area contributed by atoms with Crippen molar-refractivity contribution in [2.24, 2.45) is 5.73 Å². The molecule has 30 heavy (non-hydrogen) atoms. The van der Waals surface area contributed by atoms with E-state index in [0.29, 0.717) is 52.1 Å². The van der Waals surface area contributed by atoms with Gasteiger partial charge < -0.3 is 14.6 Å². The second-order valence-electron chi connectivity index (χ2n) is 6.30. The van der Waals surface area contributed by atoms with E-state index in [1.807, 2.05) is 34.9 Å². The fraction of sp³-hybridized carbons (Fsp3) is 0.211. The number of amides is 1. The molecule has 0 saturated carbocycles. The van der Waals surface area contributed by atoms with Gasteiger partial charge in [0.2, 0.25) is 17.7 Å². The first kappa shape index (κ1) is 20.2. The van der Waals surface area contributed by atoms with E-state index in [0.717, 1.165) is 5.76 Å². The molecular formula is C19H17ClN6O3S. The molecule has 3 heterocycles. The van der Waals surface area contributed by atoms with Crippen molar-refractivity contribution in [3.05, 3.63) is 65.2 Å². The standard InChI is InChI=1S/C19H17ClN6O3S/c20-14-6-2-1-5-13(14)18-24-23-17(29-18)11-30-19-25-22-16(8-7-15(21)27)26(19)10-12-4-3-9-28-12/h1-6,9H,7-8,10-11H2,(H2,21,27). The lowest BCUT2D eigenvalue weighted by Gasteiger charge is -2.07. The molecule has 0 saturated heterocycles. The third kappa shape index (κ3) is 4.71. The van der Waals surface area contributed by atoms with Crippen LogP contribution in [0.1, 0.15) is 23.9 Å². The van der Waals surface area contributed by atoms with Crippen molar-refractivity contribution in [2.75, 3.05) is 0 Å². The maximum Gasteiger partial charge on any atom is 0.249 e. The number of nitrogens with two attached hydrogens (primary N) is 1. The van der Waals surface area contributed by atoms with Crippen molar-refractivity contribution in [3.63, 3.8) is 0 Å². The highest BCUT2D eigenvalue weighted by molar-refractivity contribution is 7.98. The smallest absolute Gasteiger partial charge is 0.249 e. The number of hydrogen-bond acceptors (Lipinski definition) is 8. The number of primary amides is 1. The molecular weight excluding hydrogens is 428 g/mol. The first-order valence-electron chi connectivity index (χ1n) is 9.03. The Morgan fingerprint density at radius 3 is 2.77 bits per heavy atom. The molecule has 0 aliphatic rings. The van der Waals surface area contributed by atoms with Crippen LogP contribution in [-0.4, -0.2) is 30.9 Å². The predicted molar refractivity (Wildman–Crippen MR) is 110 cm³/mol. The maximum absolute atomic E-state index is 11.2. The van der Waals surface area contributed by atoms with Crippen LogP contribution >= 0.6 is 23.4 Å². The second-order valence-corrected chi connectivity index (χ2v) is 7.65. The molecule has 0 atom stereocenters. The third-order valence-corrected chi connectivity index (χ3v) is 5.46. The summed E-state index contributed by atoms with van der Waals surface area (Å²) in [5.41, 5.74) is 5.95. The molecule has 154 valence electrons. The van der Waals surface area contributed by atoms with Crippen molar-refractivity contribution in [1.82, 2.24) is 25.0 Å². The van der Waals surface area contributed by atoms with Crippen LogP contribution in [0, 0.1) is 0 Å². The van der Waals surface area contributed by atoms with Crippen LogP contribution < -0.4 is 5.73 Å².